The summed E-state index contributed by atoms with van der Waals surface area (Å²) >= 11 is 6.06. The van der Waals surface area contributed by atoms with Crippen molar-refractivity contribution in [3.8, 4) is 11.5 Å². The molecule has 0 spiro atoms. The molecule has 1 aromatic heterocycles. The first-order chi connectivity index (χ1) is 17.5. The Morgan fingerprint density at radius 1 is 1.14 bits per heavy atom. The van der Waals surface area contributed by atoms with Gasteiger partial charge in [0, 0.05) is 17.1 Å². The molecule has 4 rings (SSSR count). The number of hydrogen-bond donors (Lipinski definition) is 1. The number of rotatable bonds is 11. The third kappa shape index (κ3) is 5.89. The van der Waals surface area contributed by atoms with E-state index in [-0.39, 0.29) is 11.9 Å². The van der Waals surface area contributed by atoms with Crippen LogP contribution < -0.4 is 14.8 Å². The number of para-hydroxylation sites is 2. The number of benzene rings is 3. The van der Waals surface area contributed by atoms with Crippen LogP contribution in [0.15, 0.2) is 79.4 Å². The van der Waals surface area contributed by atoms with E-state index in [1.807, 2.05) is 55.5 Å². The number of aromatic nitrogens is 2. The van der Waals surface area contributed by atoms with Crippen molar-refractivity contribution in [2.75, 3.05) is 13.7 Å². The topological polar surface area (TPSA) is 65.4 Å². The van der Waals surface area contributed by atoms with Crippen molar-refractivity contribution in [3.63, 3.8) is 0 Å². The van der Waals surface area contributed by atoms with E-state index in [1.54, 1.807) is 31.4 Å². The van der Waals surface area contributed by atoms with Gasteiger partial charge in [-0.15, -0.1) is 6.58 Å². The summed E-state index contributed by atoms with van der Waals surface area (Å²) in [6, 6.07) is 20.5. The highest BCUT2D eigenvalue weighted by Gasteiger charge is 2.19. The Morgan fingerprint density at radius 3 is 2.75 bits per heavy atom. The van der Waals surface area contributed by atoms with Crippen LogP contribution in [-0.4, -0.2) is 29.2 Å². The van der Waals surface area contributed by atoms with Crippen LogP contribution in [-0.2, 0) is 13.0 Å². The smallest absolute Gasteiger partial charge is 0.251 e. The predicted octanol–water partition coefficient (Wildman–Crippen LogP) is 6.39. The highest BCUT2D eigenvalue weighted by molar-refractivity contribution is 6.30. The molecule has 0 saturated heterocycles. The number of hydrogen-bond acceptors (Lipinski definition) is 4. The molecule has 7 heteroatoms. The van der Waals surface area contributed by atoms with Crippen LogP contribution in [0.4, 0.5) is 0 Å². The molecule has 0 bridgehead atoms. The number of nitrogens with one attached hydrogen (secondary N) is 1. The summed E-state index contributed by atoms with van der Waals surface area (Å²) < 4.78 is 13.7. The van der Waals surface area contributed by atoms with Crippen molar-refractivity contribution in [1.82, 2.24) is 14.9 Å². The number of aryl methyl sites for hydroxylation is 1. The normalized spacial score (nSPS) is 11.8. The zero-order valence-corrected chi connectivity index (χ0v) is 21.3. The average molecular weight is 504 g/mol. The molecule has 1 amide bonds. The lowest BCUT2D eigenvalue weighted by Gasteiger charge is -2.17. The van der Waals surface area contributed by atoms with Gasteiger partial charge in [0.25, 0.3) is 5.91 Å². The summed E-state index contributed by atoms with van der Waals surface area (Å²) in [5.74, 6) is 2.01. The molecular weight excluding hydrogens is 474 g/mol. The number of carbonyl (C=O) groups is 1. The quantitative estimate of drug-likeness (QED) is 0.190. The molecule has 186 valence electrons. The van der Waals surface area contributed by atoms with Crippen LogP contribution >= 0.6 is 11.6 Å². The summed E-state index contributed by atoms with van der Waals surface area (Å²) in [5, 5.41) is 3.57. The molecule has 1 N–H and O–H groups in total. The maximum Gasteiger partial charge on any atom is 0.251 e. The molecule has 3 aromatic carbocycles. The molecule has 6 nitrogen and oxygen atoms in total. The lowest BCUT2D eigenvalue weighted by atomic mass is 10.1. The van der Waals surface area contributed by atoms with Gasteiger partial charge < -0.3 is 19.4 Å². The predicted molar refractivity (Wildman–Crippen MR) is 144 cm³/mol. The summed E-state index contributed by atoms with van der Waals surface area (Å²) in [7, 11) is 1.64. The standard InChI is InChI=1S/C29H30ClN3O3/c1-4-9-21-14-15-26(27(18-21)35-3)36-17-8-16-33-25-13-6-5-12-24(25)32-28(33)20(2)31-29(34)22-10-7-11-23(30)19-22/h4-7,10-15,18-20H,1,8-9,16-17H2,2-3H3,(H,31,34). The Kier molecular flexibility index (Phi) is 8.28. The summed E-state index contributed by atoms with van der Waals surface area (Å²) in [4.78, 5) is 17.6. The number of carbonyl (C=O) groups excluding carboxylic acids is 1. The van der Waals surface area contributed by atoms with Gasteiger partial charge in [0.2, 0.25) is 0 Å². The monoisotopic (exact) mass is 503 g/mol. The number of nitrogens with zero attached hydrogens (tertiary/aromatic N) is 2. The first-order valence-corrected chi connectivity index (χ1v) is 12.3. The second-order valence-electron chi connectivity index (χ2n) is 8.50. The number of allylic oxidation sites excluding steroid dienone is 1. The second kappa shape index (κ2) is 11.8. The summed E-state index contributed by atoms with van der Waals surface area (Å²) in [5.41, 5.74) is 3.54. The number of amides is 1. The molecular formula is C29H30ClN3O3. The first kappa shape index (κ1) is 25.3. The Labute approximate surface area is 216 Å². The number of imidazole rings is 1. The minimum atomic E-state index is -0.303. The Bertz CT molecular complexity index is 1370. The van der Waals surface area contributed by atoms with Crippen LogP contribution in [0.25, 0.3) is 11.0 Å². The fraction of sp³-hybridized carbons (Fsp3) is 0.241. The maximum absolute atomic E-state index is 12.8. The van der Waals surface area contributed by atoms with E-state index < -0.39 is 0 Å². The van der Waals surface area contributed by atoms with Crippen molar-refractivity contribution in [1.29, 1.82) is 0 Å². The minimum absolute atomic E-state index is 0.195. The van der Waals surface area contributed by atoms with Gasteiger partial charge in [-0.1, -0.05) is 41.9 Å². The van der Waals surface area contributed by atoms with E-state index in [9.17, 15) is 4.79 Å². The zero-order valence-electron chi connectivity index (χ0n) is 20.5. The molecule has 0 aliphatic carbocycles. The maximum atomic E-state index is 12.8. The second-order valence-corrected chi connectivity index (χ2v) is 8.93. The third-order valence-electron chi connectivity index (χ3n) is 5.90. The van der Waals surface area contributed by atoms with Crippen LogP contribution in [0.2, 0.25) is 5.02 Å². The van der Waals surface area contributed by atoms with Crippen molar-refractivity contribution in [2.24, 2.45) is 0 Å². The third-order valence-corrected chi connectivity index (χ3v) is 6.13. The van der Waals surface area contributed by atoms with Gasteiger partial charge in [-0.25, -0.2) is 4.98 Å². The molecule has 1 unspecified atom stereocenters. The van der Waals surface area contributed by atoms with Gasteiger partial charge in [0.1, 0.15) is 5.82 Å². The van der Waals surface area contributed by atoms with Crippen molar-refractivity contribution >= 4 is 28.5 Å². The zero-order chi connectivity index (χ0) is 25.5. The lowest BCUT2D eigenvalue weighted by molar-refractivity contribution is 0.0937. The van der Waals surface area contributed by atoms with Gasteiger partial charge in [-0.05, 0) is 67.8 Å². The molecule has 1 heterocycles. The van der Waals surface area contributed by atoms with Gasteiger partial charge in [0.15, 0.2) is 11.5 Å². The summed E-state index contributed by atoms with van der Waals surface area (Å²) in [6.07, 6.45) is 3.39. The van der Waals surface area contributed by atoms with Gasteiger partial charge >= 0.3 is 0 Å². The van der Waals surface area contributed by atoms with E-state index >= 15 is 0 Å². The Hall–Kier alpha value is -3.77. The molecule has 4 aromatic rings. The number of fused-ring (bicyclic) bond motifs is 1. The van der Waals surface area contributed by atoms with Gasteiger partial charge in [-0.3, -0.25) is 4.79 Å². The Morgan fingerprint density at radius 2 is 1.97 bits per heavy atom. The average Bonchev–Trinajstić information content (AvgIpc) is 3.26. The molecule has 0 aliphatic rings. The van der Waals surface area contributed by atoms with E-state index in [2.05, 4.69) is 16.5 Å². The highest BCUT2D eigenvalue weighted by Crippen LogP contribution is 2.29. The van der Waals surface area contributed by atoms with Crippen LogP contribution in [0.3, 0.4) is 0 Å². The molecule has 1 atom stereocenters. The van der Waals surface area contributed by atoms with E-state index in [0.717, 1.165) is 35.3 Å². The van der Waals surface area contributed by atoms with Crippen LogP contribution in [0.5, 0.6) is 11.5 Å². The van der Waals surface area contributed by atoms with Crippen molar-refractivity contribution in [2.45, 2.75) is 32.4 Å². The summed E-state index contributed by atoms with van der Waals surface area (Å²) in [6.45, 7) is 6.91. The number of halogens is 1. The minimum Gasteiger partial charge on any atom is -0.493 e. The number of methoxy groups -OCH3 is 1. The fourth-order valence-corrected chi connectivity index (χ4v) is 4.35. The molecule has 0 radical (unpaired) electrons. The fourth-order valence-electron chi connectivity index (χ4n) is 4.16. The van der Waals surface area contributed by atoms with Crippen LogP contribution in [0, 0.1) is 0 Å². The van der Waals surface area contributed by atoms with Gasteiger partial charge in [0.05, 0.1) is 30.8 Å². The van der Waals surface area contributed by atoms with E-state index in [4.69, 9.17) is 26.1 Å². The first-order valence-electron chi connectivity index (χ1n) is 11.9. The highest BCUT2D eigenvalue weighted by atomic mass is 35.5. The van der Waals surface area contributed by atoms with Crippen molar-refractivity contribution in [3.05, 3.63) is 101 Å². The van der Waals surface area contributed by atoms with Gasteiger partial charge in [-0.2, -0.15) is 0 Å². The van der Waals surface area contributed by atoms with Crippen molar-refractivity contribution < 1.29 is 14.3 Å². The lowest BCUT2D eigenvalue weighted by Crippen LogP contribution is -2.28. The Balaban J connectivity index is 1.46. The van der Waals surface area contributed by atoms with Crippen LogP contribution in [0.1, 0.15) is 41.1 Å². The number of ether oxygens (including phenoxy) is 2. The molecule has 36 heavy (non-hydrogen) atoms. The van der Waals surface area contributed by atoms with E-state index in [0.29, 0.717) is 35.2 Å². The molecule has 0 aliphatic heterocycles. The molecule has 0 fully saturated rings. The molecule has 0 saturated carbocycles. The largest absolute Gasteiger partial charge is 0.493 e. The van der Waals surface area contributed by atoms with E-state index in [1.165, 1.54) is 0 Å². The SMILES string of the molecule is C=CCc1ccc(OCCCn2c(C(C)NC(=O)c3cccc(Cl)c3)nc3ccccc32)c(OC)c1.